The highest BCUT2D eigenvalue weighted by atomic mass is 16.5. The molecule has 2 atom stereocenters. The highest BCUT2D eigenvalue weighted by molar-refractivity contribution is 5.76. The molecule has 194 valence electrons. The molecule has 0 aliphatic heterocycles. The number of carbonyl (C=O) groups excluding carboxylic acids is 2. The van der Waals surface area contributed by atoms with E-state index in [0.29, 0.717) is 13.0 Å². The second-order valence-electron chi connectivity index (χ2n) is 11.6. The number of nitrogens with one attached hydrogen (secondary N) is 2. The molecule has 0 radical (unpaired) electrons. The lowest BCUT2D eigenvalue weighted by atomic mass is 9.61. The van der Waals surface area contributed by atoms with Gasteiger partial charge in [-0.25, -0.2) is 4.79 Å². The van der Waals surface area contributed by atoms with Gasteiger partial charge in [-0.05, 0) is 42.9 Å². The predicted molar refractivity (Wildman–Crippen MR) is 138 cm³/mol. The average Bonchev–Trinajstić information content (AvgIpc) is 2.70. The molecule has 33 heavy (non-hydrogen) atoms. The fourth-order valence-corrected chi connectivity index (χ4v) is 5.71. The van der Waals surface area contributed by atoms with Crippen molar-refractivity contribution in [1.29, 1.82) is 0 Å². The van der Waals surface area contributed by atoms with Crippen LogP contribution in [0.25, 0.3) is 0 Å². The Morgan fingerprint density at radius 2 is 1.39 bits per heavy atom. The first-order valence-corrected chi connectivity index (χ1v) is 13.9. The number of carbonyl (C=O) groups is 2. The largest absolute Gasteiger partial charge is 0.450 e. The zero-order chi connectivity index (χ0) is 24.6. The van der Waals surface area contributed by atoms with Crippen LogP contribution in [0.15, 0.2) is 0 Å². The summed E-state index contributed by atoms with van der Waals surface area (Å²) in [7, 11) is 0. The molecule has 1 saturated carbocycles. The first kappa shape index (κ1) is 29.8. The molecule has 1 aliphatic carbocycles. The second-order valence-corrected chi connectivity index (χ2v) is 11.6. The van der Waals surface area contributed by atoms with Crippen LogP contribution in [0, 0.1) is 10.8 Å². The molecule has 0 bridgehead atoms. The maximum absolute atomic E-state index is 12.6. The number of amides is 2. The van der Waals surface area contributed by atoms with Gasteiger partial charge in [0.05, 0.1) is 6.61 Å². The highest BCUT2D eigenvalue weighted by Crippen LogP contribution is 2.48. The van der Waals surface area contributed by atoms with Gasteiger partial charge in [-0.3, -0.25) is 4.79 Å². The fourth-order valence-electron chi connectivity index (χ4n) is 5.71. The van der Waals surface area contributed by atoms with Crippen LogP contribution in [0.4, 0.5) is 4.79 Å². The molecule has 0 heterocycles. The summed E-state index contributed by atoms with van der Waals surface area (Å²) in [5, 5.41) is 6.23. The number of unbranched alkanes of at least 4 members (excludes halogenated alkanes) is 10. The smallest absolute Gasteiger partial charge is 0.407 e. The quantitative estimate of drug-likeness (QED) is 0.218. The molecule has 2 N–H and O–H groups in total. The summed E-state index contributed by atoms with van der Waals surface area (Å²) < 4.78 is 5.44. The van der Waals surface area contributed by atoms with E-state index in [1.165, 1.54) is 57.8 Å². The molecule has 5 heteroatoms. The van der Waals surface area contributed by atoms with Crippen molar-refractivity contribution in [1.82, 2.24) is 10.6 Å². The van der Waals surface area contributed by atoms with Gasteiger partial charge in [-0.1, -0.05) is 98.8 Å². The van der Waals surface area contributed by atoms with Crippen LogP contribution in [0.5, 0.6) is 0 Å². The van der Waals surface area contributed by atoms with Crippen molar-refractivity contribution in [2.24, 2.45) is 10.8 Å². The second kappa shape index (κ2) is 16.4. The van der Waals surface area contributed by atoms with E-state index in [9.17, 15) is 9.59 Å². The van der Waals surface area contributed by atoms with E-state index in [1.54, 1.807) is 0 Å². The summed E-state index contributed by atoms with van der Waals surface area (Å²) in [6.07, 6.45) is 17.4. The first-order chi connectivity index (χ1) is 15.7. The summed E-state index contributed by atoms with van der Waals surface area (Å²) in [5.41, 5.74) is -0.0199. The Labute approximate surface area is 204 Å². The molecule has 5 nitrogen and oxygen atoms in total. The van der Waals surface area contributed by atoms with Crippen molar-refractivity contribution < 1.29 is 14.3 Å². The van der Waals surface area contributed by atoms with E-state index >= 15 is 0 Å². The fraction of sp³-hybridized carbons (Fsp3) is 0.929. The summed E-state index contributed by atoms with van der Waals surface area (Å²) in [5.74, 6) is 0.146. The molecule has 0 aromatic heterocycles. The lowest BCUT2D eigenvalue weighted by Crippen LogP contribution is -2.48. The molecule has 0 saturated heterocycles. The molecule has 1 rings (SSSR count). The van der Waals surface area contributed by atoms with Crippen LogP contribution >= 0.6 is 0 Å². The SMILES string of the molecule is CCCCCCCCNC(=O)CC1(C)CC(NC(=O)OCCCCCCCC)CC(C)(C)C1. The molecule has 2 amide bonds. The first-order valence-electron chi connectivity index (χ1n) is 13.9. The Morgan fingerprint density at radius 3 is 2.03 bits per heavy atom. The minimum absolute atomic E-state index is 0.0576. The van der Waals surface area contributed by atoms with Crippen LogP contribution in [0.3, 0.4) is 0 Å². The lowest BCUT2D eigenvalue weighted by Gasteiger charge is -2.46. The molecule has 0 aromatic rings. The third kappa shape index (κ3) is 14.6. The lowest BCUT2D eigenvalue weighted by molar-refractivity contribution is -0.124. The summed E-state index contributed by atoms with van der Waals surface area (Å²) in [6, 6.07) is 0.0576. The van der Waals surface area contributed by atoms with E-state index in [2.05, 4.69) is 45.3 Å². The van der Waals surface area contributed by atoms with Gasteiger partial charge >= 0.3 is 6.09 Å². The van der Waals surface area contributed by atoms with Gasteiger partial charge in [0.2, 0.25) is 5.91 Å². The molecular weight excluding hydrogens is 412 g/mol. The molecule has 1 aliphatic rings. The van der Waals surface area contributed by atoms with Crippen molar-refractivity contribution in [3.63, 3.8) is 0 Å². The average molecular weight is 467 g/mol. The monoisotopic (exact) mass is 466 g/mol. The van der Waals surface area contributed by atoms with E-state index in [4.69, 9.17) is 4.74 Å². The predicted octanol–water partition coefficient (Wildman–Crippen LogP) is 7.52. The van der Waals surface area contributed by atoms with Gasteiger partial charge in [0.15, 0.2) is 0 Å². The molecular formula is C28H54N2O3. The Bertz CT molecular complexity index is 549. The molecule has 0 spiro atoms. The molecule has 0 aromatic carbocycles. The summed E-state index contributed by atoms with van der Waals surface area (Å²) in [6.45, 7) is 12.4. The summed E-state index contributed by atoms with van der Waals surface area (Å²) in [4.78, 5) is 25.0. The number of ether oxygens (including phenoxy) is 1. The van der Waals surface area contributed by atoms with Crippen molar-refractivity contribution >= 4 is 12.0 Å². The topological polar surface area (TPSA) is 67.4 Å². The van der Waals surface area contributed by atoms with Crippen LogP contribution in [-0.2, 0) is 9.53 Å². The molecule has 2 unspecified atom stereocenters. The maximum atomic E-state index is 12.6. The van der Waals surface area contributed by atoms with E-state index in [-0.39, 0.29) is 28.9 Å². The van der Waals surface area contributed by atoms with E-state index in [1.807, 2.05) is 0 Å². The van der Waals surface area contributed by atoms with Gasteiger partial charge in [-0.2, -0.15) is 0 Å². The number of hydrogen-bond donors (Lipinski definition) is 2. The zero-order valence-electron chi connectivity index (χ0n) is 22.5. The third-order valence-corrected chi connectivity index (χ3v) is 6.94. The minimum atomic E-state index is -0.305. The Hall–Kier alpha value is -1.26. The van der Waals surface area contributed by atoms with E-state index < -0.39 is 0 Å². The standard InChI is InChI=1S/C28H54N2O3/c1-6-8-10-12-14-16-18-29-25(31)22-28(5)21-24(20-27(3,4)23-28)30-26(32)33-19-17-15-13-11-9-7-2/h24H,6-23H2,1-5H3,(H,29,31)(H,30,32). The van der Waals surface area contributed by atoms with E-state index in [0.717, 1.165) is 45.1 Å². The van der Waals surface area contributed by atoms with Gasteiger partial charge in [0.1, 0.15) is 0 Å². The maximum Gasteiger partial charge on any atom is 0.407 e. The highest BCUT2D eigenvalue weighted by Gasteiger charge is 2.42. The van der Waals surface area contributed by atoms with Crippen LogP contribution < -0.4 is 10.6 Å². The normalized spacial score (nSPS) is 22.0. The molecule has 1 fully saturated rings. The minimum Gasteiger partial charge on any atom is -0.450 e. The Morgan fingerprint density at radius 1 is 0.818 bits per heavy atom. The van der Waals surface area contributed by atoms with Crippen molar-refractivity contribution in [2.75, 3.05) is 13.2 Å². The van der Waals surface area contributed by atoms with Crippen LogP contribution in [0.1, 0.15) is 137 Å². The Kier molecular flexibility index (Phi) is 14.8. The van der Waals surface area contributed by atoms with Gasteiger partial charge in [-0.15, -0.1) is 0 Å². The van der Waals surface area contributed by atoms with Gasteiger partial charge in [0, 0.05) is 19.0 Å². The van der Waals surface area contributed by atoms with Crippen molar-refractivity contribution in [2.45, 2.75) is 143 Å². The van der Waals surface area contributed by atoms with Crippen molar-refractivity contribution in [3.05, 3.63) is 0 Å². The zero-order valence-corrected chi connectivity index (χ0v) is 22.5. The van der Waals surface area contributed by atoms with Crippen LogP contribution in [0.2, 0.25) is 0 Å². The Balaban J connectivity index is 2.35. The van der Waals surface area contributed by atoms with Crippen LogP contribution in [-0.4, -0.2) is 31.2 Å². The third-order valence-electron chi connectivity index (χ3n) is 6.94. The van der Waals surface area contributed by atoms with Gasteiger partial charge in [0.25, 0.3) is 0 Å². The summed E-state index contributed by atoms with van der Waals surface area (Å²) >= 11 is 0. The number of rotatable bonds is 17. The van der Waals surface area contributed by atoms with Crippen molar-refractivity contribution in [3.8, 4) is 0 Å². The van der Waals surface area contributed by atoms with Gasteiger partial charge < -0.3 is 15.4 Å². The number of alkyl carbamates (subject to hydrolysis) is 1. The number of hydrogen-bond acceptors (Lipinski definition) is 3.